The van der Waals surface area contributed by atoms with Crippen molar-refractivity contribution < 1.29 is 9.59 Å². The summed E-state index contributed by atoms with van der Waals surface area (Å²) in [5.74, 6) is -0.309. The fourth-order valence-electron chi connectivity index (χ4n) is 3.18. The van der Waals surface area contributed by atoms with Gasteiger partial charge in [-0.05, 0) is 36.2 Å². The highest BCUT2D eigenvalue weighted by Crippen LogP contribution is 2.24. The largest absolute Gasteiger partial charge is 0.378 e. The lowest BCUT2D eigenvalue weighted by molar-refractivity contribution is -0.126. The second-order valence-corrected chi connectivity index (χ2v) is 6.84. The van der Waals surface area contributed by atoms with E-state index in [9.17, 15) is 9.59 Å². The Hall–Kier alpha value is -2.82. The Labute approximate surface area is 154 Å². The van der Waals surface area contributed by atoms with Gasteiger partial charge in [-0.25, -0.2) is 0 Å². The zero-order chi connectivity index (χ0) is 18.5. The number of benzene rings is 2. The monoisotopic (exact) mass is 351 g/mol. The Bertz CT molecular complexity index is 757. The molecule has 1 unspecified atom stereocenters. The van der Waals surface area contributed by atoms with Crippen LogP contribution in [0.5, 0.6) is 0 Å². The summed E-state index contributed by atoms with van der Waals surface area (Å²) in [5, 5.41) is 2.97. The number of carbonyl (C=O) groups excluding carboxylic acids is 2. The molecule has 0 radical (unpaired) electrons. The summed E-state index contributed by atoms with van der Waals surface area (Å²) in [5.41, 5.74) is 3.20. The van der Waals surface area contributed by atoms with Crippen molar-refractivity contribution >= 4 is 23.2 Å². The van der Waals surface area contributed by atoms with Crippen molar-refractivity contribution in [1.29, 1.82) is 0 Å². The van der Waals surface area contributed by atoms with Crippen LogP contribution in [0.1, 0.15) is 12.0 Å². The number of para-hydroxylation sites is 1. The smallest absolute Gasteiger partial charge is 0.227 e. The lowest BCUT2D eigenvalue weighted by Crippen LogP contribution is -2.34. The molecule has 2 amide bonds. The molecule has 1 aliphatic heterocycles. The van der Waals surface area contributed by atoms with Crippen molar-refractivity contribution in [3.8, 4) is 0 Å². The first-order valence-corrected chi connectivity index (χ1v) is 8.94. The molecule has 26 heavy (non-hydrogen) atoms. The van der Waals surface area contributed by atoms with E-state index in [1.807, 2.05) is 44.4 Å². The summed E-state index contributed by atoms with van der Waals surface area (Å²) in [6.45, 7) is 1.03. The van der Waals surface area contributed by atoms with Gasteiger partial charge >= 0.3 is 0 Å². The Balaban J connectivity index is 1.49. The summed E-state index contributed by atoms with van der Waals surface area (Å²) < 4.78 is 0. The van der Waals surface area contributed by atoms with E-state index in [2.05, 4.69) is 34.5 Å². The summed E-state index contributed by atoms with van der Waals surface area (Å²) in [6, 6.07) is 17.8. The van der Waals surface area contributed by atoms with Crippen molar-refractivity contribution in [3.63, 3.8) is 0 Å². The lowest BCUT2D eigenvalue weighted by Gasteiger charge is -2.16. The number of anilines is 2. The van der Waals surface area contributed by atoms with Gasteiger partial charge in [-0.15, -0.1) is 0 Å². The molecule has 5 heteroatoms. The number of amides is 2. The van der Waals surface area contributed by atoms with Crippen molar-refractivity contribution in [2.24, 2.45) is 5.92 Å². The summed E-state index contributed by atoms with van der Waals surface area (Å²) in [6.07, 6.45) is 1.06. The van der Waals surface area contributed by atoms with Gasteiger partial charge in [0.1, 0.15) is 0 Å². The van der Waals surface area contributed by atoms with Crippen LogP contribution in [0.3, 0.4) is 0 Å². The molecule has 1 N–H and O–H groups in total. The molecule has 1 saturated heterocycles. The Kier molecular flexibility index (Phi) is 5.56. The molecule has 0 saturated carbocycles. The molecule has 5 nitrogen and oxygen atoms in total. The first kappa shape index (κ1) is 18.0. The van der Waals surface area contributed by atoms with E-state index in [0.29, 0.717) is 13.1 Å². The number of hydrogen-bond donors (Lipinski definition) is 1. The van der Waals surface area contributed by atoms with Crippen LogP contribution in [0.2, 0.25) is 0 Å². The topological polar surface area (TPSA) is 52.7 Å². The van der Waals surface area contributed by atoms with E-state index < -0.39 is 0 Å². The third kappa shape index (κ3) is 4.23. The van der Waals surface area contributed by atoms with Gasteiger partial charge in [0.25, 0.3) is 0 Å². The minimum absolute atomic E-state index is 0.00984. The van der Waals surface area contributed by atoms with Gasteiger partial charge < -0.3 is 15.1 Å². The molecule has 0 aromatic heterocycles. The van der Waals surface area contributed by atoms with E-state index >= 15 is 0 Å². The Morgan fingerprint density at radius 3 is 2.46 bits per heavy atom. The zero-order valence-electron chi connectivity index (χ0n) is 15.3. The maximum absolute atomic E-state index is 12.4. The van der Waals surface area contributed by atoms with Gasteiger partial charge in [0.05, 0.1) is 5.92 Å². The summed E-state index contributed by atoms with van der Waals surface area (Å²) in [4.78, 5) is 28.4. The molecule has 0 aliphatic carbocycles. The van der Waals surface area contributed by atoms with E-state index in [-0.39, 0.29) is 24.2 Å². The van der Waals surface area contributed by atoms with Gasteiger partial charge in [0, 0.05) is 45.0 Å². The van der Waals surface area contributed by atoms with Crippen LogP contribution >= 0.6 is 0 Å². The maximum atomic E-state index is 12.4. The third-order valence-corrected chi connectivity index (χ3v) is 4.73. The average Bonchev–Trinajstić information content (AvgIpc) is 3.04. The fourth-order valence-corrected chi connectivity index (χ4v) is 3.18. The standard InChI is InChI=1S/C21H25N3O2/c1-23(2)18-10-8-16(9-11-18)12-13-22-21(26)17-14-20(25)24(15-17)19-6-4-3-5-7-19/h3-11,17H,12-15H2,1-2H3,(H,22,26). The van der Waals surface area contributed by atoms with E-state index in [1.54, 1.807) is 4.90 Å². The molecule has 1 heterocycles. The predicted molar refractivity (Wildman–Crippen MR) is 104 cm³/mol. The van der Waals surface area contributed by atoms with Gasteiger partial charge in [-0.3, -0.25) is 9.59 Å². The molecule has 1 atom stereocenters. The van der Waals surface area contributed by atoms with Crippen LogP contribution in [-0.4, -0.2) is 39.0 Å². The molecule has 2 aromatic carbocycles. The molecule has 0 spiro atoms. The second kappa shape index (κ2) is 8.04. The van der Waals surface area contributed by atoms with Gasteiger partial charge in [0.15, 0.2) is 0 Å². The highest BCUT2D eigenvalue weighted by molar-refractivity contribution is 6.00. The highest BCUT2D eigenvalue weighted by Gasteiger charge is 2.34. The first-order valence-electron chi connectivity index (χ1n) is 8.94. The molecule has 0 bridgehead atoms. The number of nitrogens with zero attached hydrogens (tertiary/aromatic N) is 2. The average molecular weight is 351 g/mol. The maximum Gasteiger partial charge on any atom is 0.227 e. The molecular weight excluding hydrogens is 326 g/mol. The highest BCUT2D eigenvalue weighted by atomic mass is 16.2. The van der Waals surface area contributed by atoms with Gasteiger partial charge in [-0.2, -0.15) is 0 Å². The van der Waals surface area contributed by atoms with Crippen LogP contribution in [0.4, 0.5) is 11.4 Å². The minimum Gasteiger partial charge on any atom is -0.378 e. The van der Waals surface area contributed by atoms with E-state index in [4.69, 9.17) is 0 Å². The van der Waals surface area contributed by atoms with Crippen LogP contribution in [0.25, 0.3) is 0 Å². The molecular formula is C21H25N3O2. The van der Waals surface area contributed by atoms with E-state index in [1.165, 1.54) is 5.56 Å². The summed E-state index contributed by atoms with van der Waals surface area (Å²) in [7, 11) is 4.02. The summed E-state index contributed by atoms with van der Waals surface area (Å²) >= 11 is 0. The fraction of sp³-hybridized carbons (Fsp3) is 0.333. The Morgan fingerprint density at radius 2 is 1.81 bits per heavy atom. The van der Waals surface area contributed by atoms with Crippen molar-refractivity contribution in [1.82, 2.24) is 5.32 Å². The zero-order valence-corrected chi connectivity index (χ0v) is 15.3. The molecule has 1 fully saturated rings. The Morgan fingerprint density at radius 1 is 1.12 bits per heavy atom. The van der Waals surface area contributed by atoms with Crippen molar-refractivity contribution in [2.75, 3.05) is 37.0 Å². The number of nitrogens with one attached hydrogen (secondary N) is 1. The van der Waals surface area contributed by atoms with Crippen LogP contribution in [-0.2, 0) is 16.0 Å². The van der Waals surface area contributed by atoms with Gasteiger partial charge in [0.2, 0.25) is 11.8 Å². The number of hydrogen-bond acceptors (Lipinski definition) is 3. The van der Waals surface area contributed by atoms with Crippen LogP contribution in [0.15, 0.2) is 54.6 Å². The quantitative estimate of drug-likeness (QED) is 0.870. The minimum atomic E-state index is -0.279. The lowest BCUT2D eigenvalue weighted by atomic mass is 10.1. The third-order valence-electron chi connectivity index (χ3n) is 4.73. The molecule has 2 aromatic rings. The first-order chi connectivity index (χ1) is 12.5. The van der Waals surface area contributed by atoms with Gasteiger partial charge in [-0.1, -0.05) is 30.3 Å². The van der Waals surface area contributed by atoms with Crippen LogP contribution in [0, 0.1) is 5.92 Å². The number of rotatable bonds is 6. The molecule has 136 valence electrons. The van der Waals surface area contributed by atoms with Crippen molar-refractivity contribution in [2.45, 2.75) is 12.8 Å². The number of carbonyl (C=O) groups is 2. The molecule has 1 aliphatic rings. The molecule has 3 rings (SSSR count). The predicted octanol–water partition coefficient (Wildman–Crippen LogP) is 2.46. The van der Waals surface area contributed by atoms with Crippen LogP contribution < -0.4 is 15.1 Å². The van der Waals surface area contributed by atoms with Crippen molar-refractivity contribution in [3.05, 3.63) is 60.2 Å². The van der Waals surface area contributed by atoms with E-state index in [0.717, 1.165) is 17.8 Å². The normalized spacial score (nSPS) is 16.6. The SMILES string of the molecule is CN(C)c1ccc(CCNC(=O)C2CC(=O)N(c3ccccc3)C2)cc1. The second-order valence-electron chi connectivity index (χ2n) is 6.84.